The fourth-order valence-corrected chi connectivity index (χ4v) is 1.64. The zero-order valence-corrected chi connectivity index (χ0v) is 11.1. The average Bonchev–Trinajstić information content (AvgIpc) is 2.42. The highest BCUT2D eigenvalue weighted by atomic mass is 16.5. The number of hydrogen-bond donors (Lipinski definition) is 1. The summed E-state index contributed by atoms with van der Waals surface area (Å²) in [5.41, 5.74) is 1.06. The third kappa shape index (κ3) is 5.57. The third-order valence-electron chi connectivity index (χ3n) is 2.68. The summed E-state index contributed by atoms with van der Waals surface area (Å²) in [7, 11) is 3.08. The SMILES string of the molecule is COC(=O)CCCCCNc1cccc(OC)c1. The first-order valence-electron chi connectivity index (χ1n) is 6.21. The Labute approximate surface area is 108 Å². The van der Waals surface area contributed by atoms with E-state index in [-0.39, 0.29) is 5.97 Å². The molecule has 0 amide bonds. The number of esters is 1. The van der Waals surface area contributed by atoms with Crippen LogP contribution in [0.5, 0.6) is 5.75 Å². The highest BCUT2D eigenvalue weighted by Crippen LogP contribution is 2.16. The van der Waals surface area contributed by atoms with Gasteiger partial charge in [0, 0.05) is 24.7 Å². The van der Waals surface area contributed by atoms with Crippen LogP contribution in [0.25, 0.3) is 0 Å². The van der Waals surface area contributed by atoms with Crippen molar-refractivity contribution in [2.24, 2.45) is 0 Å². The molecular weight excluding hydrogens is 230 g/mol. The Hall–Kier alpha value is -1.71. The smallest absolute Gasteiger partial charge is 0.305 e. The standard InChI is InChI=1S/C14H21NO3/c1-17-13-8-6-7-12(11-13)15-10-5-3-4-9-14(16)18-2/h6-8,11,15H,3-5,9-10H2,1-2H3. The van der Waals surface area contributed by atoms with Gasteiger partial charge in [0.05, 0.1) is 14.2 Å². The molecule has 4 nitrogen and oxygen atoms in total. The molecule has 1 N–H and O–H groups in total. The minimum absolute atomic E-state index is 0.129. The molecule has 1 rings (SSSR count). The lowest BCUT2D eigenvalue weighted by Crippen LogP contribution is -2.03. The first-order chi connectivity index (χ1) is 8.76. The summed E-state index contributed by atoms with van der Waals surface area (Å²) in [5, 5.41) is 3.33. The van der Waals surface area contributed by atoms with Crippen LogP contribution >= 0.6 is 0 Å². The number of hydrogen-bond acceptors (Lipinski definition) is 4. The molecular formula is C14H21NO3. The monoisotopic (exact) mass is 251 g/mol. The van der Waals surface area contributed by atoms with Crippen molar-refractivity contribution < 1.29 is 14.3 Å². The number of benzene rings is 1. The second-order valence-electron chi connectivity index (χ2n) is 4.05. The van der Waals surface area contributed by atoms with E-state index in [4.69, 9.17) is 4.74 Å². The fraction of sp³-hybridized carbons (Fsp3) is 0.500. The van der Waals surface area contributed by atoms with Crippen LogP contribution in [0.4, 0.5) is 5.69 Å². The molecule has 0 aromatic heterocycles. The van der Waals surface area contributed by atoms with E-state index in [9.17, 15) is 4.79 Å². The van der Waals surface area contributed by atoms with Gasteiger partial charge in [-0.1, -0.05) is 12.5 Å². The number of anilines is 1. The lowest BCUT2D eigenvalue weighted by atomic mass is 10.2. The molecule has 0 radical (unpaired) electrons. The van der Waals surface area contributed by atoms with Crippen molar-refractivity contribution in [2.45, 2.75) is 25.7 Å². The summed E-state index contributed by atoms with van der Waals surface area (Å²) >= 11 is 0. The quantitative estimate of drug-likeness (QED) is 0.570. The maximum absolute atomic E-state index is 10.9. The zero-order chi connectivity index (χ0) is 13.2. The van der Waals surface area contributed by atoms with Crippen molar-refractivity contribution in [1.29, 1.82) is 0 Å². The van der Waals surface area contributed by atoms with Crippen LogP contribution in [-0.2, 0) is 9.53 Å². The number of ether oxygens (including phenoxy) is 2. The predicted octanol–water partition coefficient (Wildman–Crippen LogP) is 2.84. The maximum atomic E-state index is 10.9. The Morgan fingerprint density at radius 3 is 2.78 bits per heavy atom. The molecule has 4 heteroatoms. The Bertz CT molecular complexity index is 366. The molecule has 0 saturated carbocycles. The van der Waals surface area contributed by atoms with Gasteiger partial charge < -0.3 is 14.8 Å². The zero-order valence-electron chi connectivity index (χ0n) is 11.1. The largest absolute Gasteiger partial charge is 0.497 e. The van der Waals surface area contributed by atoms with Crippen LogP contribution in [0.1, 0.15) is 25.7 Å². The van der Waals surface area contributed by atoms with E-state index in [1.54, 1.807) is 7.11 Å². The first-order valence-corrected chi connectivity index (χ1v) is 6.21. The van der Waals surface area contributed by atoms with Crippen LogP contribution in [0, 0.1) is 0 Å². The van der Waals surface area contributed by atoms with E-state index in [1.165, 1.54) is 7.11 Å². The average molecular weight is 251 g/mol. The minimum Gasteiger partial charge on any atom is -0.497 e. The van der Waals surface area contributed by atoms with Crippen LogP contribution in [0.3, 0.4) is 0 Å². The molecule has 0 heterocycles. The number of nitrogens with one attached hydrogen (secondary N) is 1. The molecule has 100 valence electrons. The first kappa shape index (κ1) is 14.4. The number of carbonyl (C=O) groups excluding carboxylic acids is 1. The van der Waals surface area contributed by atoms with Crippen molar-refractivity contribution in [3.63, 3.8) is 0 Å². The summed E-state index contributed by atoms with van der Waals surface area (Å²) in [6, 6.07) is 7.85. The predicted molar refractivity (Wildman–Crippen MR) is 72.0 cm³/mol. The number of methoxy groups -OCH3 is 2. The lowest BCUT2D eigenvalue weighted by molar-refractivity contribution is -0.140. The van der Waals surface area contributed by atoms with Crippen molar-refractivity contribution in [3.05, 3.63) is 24.3 Å². The fourth-order valence-electron chi connectivity index (χ4n) is 1.64. The second kappa shape index (κ2) is 8.39. The van der Waals surface area contributed by atoms with E-state index in [0.717, 1.165) is 37.2 Å². The van der Waals surface area contributed by atoms with Crippen LogP contribution in [0.2, 0.25) is 0 Å². The number of unbranched alkanes of at least 4 members (excludes halogenated alkanes) is 2. The van der Waals surface area contributed by atoms with Crippen molar-refractivity contribution in [2.75, 3.05) is 26.1 Å². The van der Waals surface area contributed by atoms with Gasteiger partial charge in [0.1, 0.15) is 5.75 Å². The normalized spacial score (nSPS) is 9.89. The van der Waals surface area contributed by atoms with Gasteiger partial charge >= 0.3 is 5.97 Å². The molecule has 0 fully saturated rings. The van der Waals surface area contributed by atoms with E-state index >= 15 is 0 Å². The van der Waals surface area contributed by atoms with Crippen LogP contribution in [-0.4, -0.2) is 26.7 Å². The molecule has 1 aromatic rings. The summed E-state index contributed by atoms with van der Waals surface area (Å²) < 4.78 is 9.73. The molecule has 0 spiro atoms. The molecule has 0 saturated heterocycles. The van der Waals surface area contributed by atoms with Crippen molar-refractivity contribution in [3.8, 4) is 5.75 Å². The second-order valence-corrected chi connectivity index (χ2v) is 4.05. The Morgan fingerprint density at radius 1 is 1.22 bits per heavy atom. The molecule has 0 aliphatic carbocycles. The third-order valence-corrected chi connectivity index (χ3v) is 2.68. The highest BCUT2D eigenvalue weighted by Gasteiger charge is 1.99. The summed E-state index contributed by atoms with van der Waals surface area (Å²) in [6.07, 6.45) is 3.45. The Morgan fingerprint density at radius 2 is 2.06 bits per heavy atom. The molecule has 1 aromatic carbocycles. The van der Waals surface area contributed by atoms with Crippen LogP contribution < -0.4 is 10.1 Å². The molecule has 18 heavy (non-hydrogen) atoms. The summed E-state index contributed by atoms with van der Waals surface area (Å²) in [4.78, 5) is 10.9. The molecule has 0 bridgehead atoms. The highest BCUT2D eigenvalue weighted by molar-refractivity contribution is 5.68. The minimum atomic E-state index is -0.129. The topological polar surface area (TPSA) is 47.6 Å². The van der Waals surface area contributed by atoms with Gasteiger partial charge in [-0.05, 0) is 25.0 Å². The summed E-state index contributed by atoms with van der Waals surface area (Å²) in [6.45, 7) is 0.897. The van der Waals surface area contributed by atoms with E-state index < -0.39 is 0 Å². The van der Waals surface area contributed by atoms with Gasteiger partial charge in [-0.2, -0.15) is 0 Å². The van der Waals surface area contributed by atoms with Gasteiger partial charge in [-0.15, -0.1) is 0 Å². The lowest BCUT2D eigenvalue weighted by Gasteiger charge is -2.07. The van der Waals surface area contributed by atoms with Gasteiger partial charge in [0.2, 0.25) is 0 Å². The molecule has 0 aliphatic rings. The summed E-state index contributed by atoms with van der Waals surface area (Å²) in [5.74, 6) is 0.724. The Balaban J connectivity index is 2.12. The van der Waals surface area contributed by atoms with Crippen molar-refractivity contribution in [1.82, 2.24) is 0 Å². The molecule has 0 aliphatic heterocycles. The van der Waals surface area contributed by atoms with E-state index in [0.29, 0.717) is 6.42 Å². The maximum Gasteiger partial charge on any atom is 0.305 e. The van der Waals surface area contributed by atoms with Gasteiger partial charge in [-0.25, -0.2) is 0 Å². The van der Waals surface area contributed by atoms with Gasteiger partial charge in [0.15, 0.2) is 0 Å². The van der Waals surface area contributed by atoms with Gasteiger partial charge in [0.25, 0.3) is 0 Å². The van der Waals surface area contributed by atoms with Crippen molar-refractivity contribution >= 4 is 11.7 Å². The van der Waals surface area contributed by atoms with E-state index in [2.05, 4.69) is 10.1 Å². The van der Waals surface area contributed by atoms with E-state index in [1.807, 2.05) is 24.3 Å². The Kier molecular flexibility index (Phi) is 6.69. The molecule has 0 unspecified atom stereocenters. The molecule has 0 atom stereocenters. The number of carbonyl (C=O) groups is 1. The number of rotatable bonds is 8. The van der Waals surface area contributed by atoms with Crippen LogP contribution in [0.15, 0.2) is 24.3 Å². The van der Waals surface area contributed by atoms with Gasteiger partial charge in [-0.3, -0.25) is 4.79 Å².